The predicted molar refractivity (Wildman–Crippen MR) is 74.6 cm³/mol. The summed E-state index contributed by atoms with van der Waals surface area (Å²) in [7, 11) is 0. The van der Waals surface area contributed by atoms with Gasteiger partial charge < -0.3 is 30.4 Å². The Morgan fingerprint density at radius 3 is 2.86 bits per heavy atom. The molecule has 0 saturated carbocycles. The fraction of sp³-hybridized carbons (Fsp3) is 0.500. The van der Waals surface area contributed by atoms with Gasteiger partial charge in [-0.3, -0.25) is 0 Å². The summed E-state index contributed by atoms with van der Waals surface area (Å²) < 4.78 is 7.05. The minimum atomic E-state index is -1.61. The third-order valence-corrected chi connectivity index (χ3v) is 4.02. The molecule has 3 heterocycles. The molecule has 1 aliphatic rings. The number of halogens is 1. The van der Waals surface area contributed by atoms with E-state index in [2.05, 4.69) is 9.97 Å². The highest BCUT2D eigenvalue weighted by Gasteiger charge is 2.53. The second-order valence-corrected chi connectivity index (χ2v) is 5.57. The van der Waals surface area contributed by atoms with E-state index in [-0.39, 0.29) is 11.1 Å². The molecule has 114 valence electrons. The van der Waals surface area contributed by atoms with E-state index < -0.39 is 30.6 Å². The van der Waals surface area contributed by atoms with Crippen molar-refractivity contribution in [2.24, 2.45) is 0 Å². The maximum atomic E-state index is 10.5. The molecule has 4 atom stereocenters. The number of nitrogens with zero attached hydrogens (tertiary/aromatic N) is 3. The van der Waals surface area contributed by atoms with Crippen LogP contribution < -0.4 is 5.73 Å². The van der Waals surface area contributed by atoms with Gasteiger partial charge in [-0.2, -0.15) is 4.98 Å². The summed E-state index contributed by atoms with van der Waals surface area (Å²) in [6.45, 7) is 1.01. The lowest BCUT2D eigenvalue weighted by Gasteiger charge is -2.27. The molecular formula is C12H15ClN4O4. The molecule has 0 spiro atoms. The number of aromatic nitrogens is 3. The number of ether oxygens (including phenoxy) is 1. The van der Waals surface area contributed by atoms with E-state index in [0.717, 1.165) is 0 Å². The van der Waals surface area contributed by atoms with Crippen LogP contribution in [0, 0.1) is 0 Å². The molecule has 1 fully saturated rings. The van der Waals surface area contributed by atoms with E-state index in [9.17, 15) is 15.3 Å². The molecule has 21 heavy (non-hydrogen) atoms. The number of rotatable bonds is 2. The molecule has 9 heteroatoms. The van der Waals surface area contributed by atoms with Crippen LogP contribution in [0.15, 0.2) is 12.3 Å². The van der Waals surface area contributed by atoms with Crippen LogP contribution in [0.1, 0.15) is 13.2 Å². The Bertz CT molecular complexity index is 689. The smallest absolute Gasteiger partial charge is 0.223 e. The standard InChI is InChI=1S/C12H15ClN4O4/c1-12(20)7(19)6(4-18)21-10(12)17-3-2-5-8(13)15-11(14)16-9(5)17/h2-3,6-7,10,18-20H,4H2,1H3,(H2,14,15,16)/t6-,7-,10-,12-/m1/s1. The SMILES string of the molecule is C[C@@]1(O)[C@H](O)[C@@H](CO)O[C@H]1n1ccc2c(Cl)nc(N)nc21. The van der Waals surface area contributed by atoms with Crippen molar-refractivity contribution >= 4 is 28.6 Å². The van der Waals surface area contributed by atoms with Crippen LogP contribution in [0.3, 0.4) is 0 Å². The Labute approximate surface area is 124 Å². The van der Waals surface area contributed by atoms with Gasteiger partial charge in [0.25, 0.3) is 0 Å². The fourth-order valence-electron chi connectivity index (χ4n) is 2.59. The van der Waals surface area contributed by atoms with Crippen LogP contribution in [0.5, 0.6) is 0 Å². The van der Waals surface area contributed by atoms with E-state index in [1.165, 1.54) is 11.5 Å². The molecule has 8 nitrogen and oxygen atoms in total. The maximum absolute atomic E-state index is 10.5. The number of aliphatic hydroxyl groups excluding tert-OH is 2. The van der Waals surface area contributed by atoms with Crippen molar-refractivity contribution in [3.63, 3.8) is 0 Å². The Morgan fingerprint density at radius 2 is 2.24 bits per heavy atom. The number of nitrogen functional groups attached to an aromatic ring is 1. The van der Waals surface area contributed by atoms with Crippen LogP contribution >= 0.6 is 11.6 Å². The number of nitrogens with two attached hydrogens (primary N) is 1. The van der Waals surface area contributed by atoms with Crippen LogP contribution in [0.2, 0.25) is 5.15 Å². The molecular weight excluding hydrogens is 300 g/mol. The van der Waals surface area contributed by atoms with E-state index in [4.69, 9.17) is 22.1 Å². The van der Waals surface area contributed by atoms with Gasteiger partial charge in [0.05, 0.1) is 12.0 Å². The van der Waals surface area contributed by atoms with Gasteiger partial charge in [0, 0.05) is 6.20 Å². The third-order valence-electron chi connectivity index (χ3n) is 3.73. The second kappa shape index (κ2) is 4.79. The Kier molecular flexibility index (Phi) is 3.30. The summed E-state index contributed by atoms with van der Waals surface area (Å²) in [5.41, 5.74) is 4.36. The molecule has 0 amide bonds. The predicted octanol–water partition coefficient (Wildman–Crippen LogP) is -0.332. The monoisotopic (exact) mass is 314 g/mol. The number of fused-ring (bicyclic) bond motifs is 1. The summed E-state index contributed by atoms with van der Waals surface area (Å²) in [6, 6.07) is 1.66. The van der Waals surface area contributed by atoms with Crippen LogP contribution in [-0.2, 0) is 4.74 Å². The van der Waals surface area contributed by atoms with Gasteiger partial charge in [0.15, 0.2) is 6.23 Å². The first-order valence-electron chi connectivity index (χ1n) is 6.32. The van der Waals surface area contributed by atoms with Crippen molar-refractivity contribution in [1.29, 1.82) is 0 Å². The molecule has 0 unspecified atom stereocenters. The minimum absolute atomic E-state index is 0.00986. The van der Waals surface area contributed by atoms with Crippen molar-refractivity contribution < 1.29 is 20.1 Å². The van der Waals surface area contributed by atoms with Crippen LogP contribution in [0.25, 0.3) is 11.0 Å². The van der Waals surface area contributed by atoms with Crippen molar-refractivity contribution in [2.45, 2.75) is 31.0 Å². The molecule has 0 aliphatic carbocycles. The van der Waals surface area contributed by atoms with Gasteiger partial charge in [-0.25, -0.2) is 4.98 Å². The zero-order valence-corrected chi connectivity index (χ0v) is 11.9. The van der Waals surface area contributed by atoms with Crippen LogP contribution in [0.4, 0.5) is 5.95 Å². The number of aliphatic hydroxyl groups is 3. The first-order valence-corrected chi connectivity index (χ1v) is 6.70. The highest BCUT2D eigenvalue weighted by molar-refractivity contribution is 6.34. The zero-order chi connectivity index (χ0) is 15.4. The van der Waals surface area contributed by atoms with Gasteiger partial charge >= 0.3 is 0 Å². The molecule has 3 rings (SSSR count). The summed E-state index contributed by atoms with van der Waals surface area (Å²) >= 11 is 6.00. The van der Waals surface area contributed by atoms with Crippen molar-refractivity contribution in [3.05, 3.63) is 17.4 Å². The van der Waals surface area contributed by atoms with E-state index in [0.29, 0.717) is 11.0 Å². The Hall–Kier alpha value is -1.45. The topological polar surface area (TPSA) is 127 Å². The van der Waals surface area contributed by atoms with E-state index in [1.807, 2.05) is 0 Å². The fourth-order valence-corrected chi connectivity index (χ4v) is 2.83. The molecule has 5 N–H and O–H groups in total. The molecule has 0 radical (unpaired) electrons. The summed E-state index contributed by atoms with van der Waals surface area (Å²) in [6.07, 6.45) is -1.46. The molecule has 0 bridgehead atoms. The lowest BCUT2D eigenvalue weighted by atomic mass is 9.96. The first kappa shape index (κ1) is 14.5. The summed E-state index contributed by atoms with van der Waals surface area (Å²) in [5, 5.41) is 30.5. The third kappa shape index (κ3) is 2.07. The van der Waals surface area contributed by atoms with E-state index in [1.54, 1.807) is 12.3 Å². The average Bonchev–Trinajstić information content (AvgIpc) is 2.91. The Morgan fingerprint density at radius 1 is 1.52 bits per heavy atom. The lowest BCUT2D eigenvalue weighted by molar-refractivity contribution is -0.0948. The number of hydrogen-bond donors (Lipinski definition) is 4. The molecule has 0 aromatic carbocycles. The zero-order valence-electron chi connectivity index (χ0n) is 11.1. The maximum Gasteiger partial charge on any atom is 0.223 e. The molecule has 2 aromatic rings. The normalized spacial score (nSPS) is 32.9. The van der Waals surface area contributed by atoms with Crippen molar-refractivity contribution in [1.82, 2.24) is 14.5 Å². The molecule has 1 saturated heterocycles. The first-order chi connectivity index (χ1) is 9.86. The lowest BCUT2D eigenvalue weighted by Crippen LogP contribution is -2.44. The number of hydrogen-bond acceptors (Lipinski definition) is 7. The molecule has 2 aromatic heterocycles. The summed E-state index contributed by atoms with van der Waals surface area (Å²) in [5.74, 6) is -0.00986. The largest absolute Gasteiger partial charge is 0.394 e. The van der Waals surface area contributed by atoms with Gasteiger partial charge in [0.1, 0.15) is 28.6 Å². The van der Waals surface area contributed by atoms with E-state index >= 15 is 0 Å². The van der Waals surface area contributed by atoms with Crippen LogP contribution in [-0.4, -0.2) is 54.3 Å². The highest BCUT2D eigenvalue weighted by atomic mass is 35.5. The second-order valence-electron chi connectivity index (χ2n) is 5.21. The molecule has 1 aliphatic heterocycles. The quantitative estimate of drug-likeness (QED) is 0.559. The van der Waals surface area contributed by atoms with Crippen molar-refractivity contribution in [3.8, 4) is 0 Å². The van der Waals surface area contributed by atoms with Crippen molar-refractivity contribution in [2.75, 3.05) is 12.3 Å². The van der Waals surface area contributed by atoms with Gasteiger partial charge in [0.2, 0.25) is 5.95 Å². The minimum Gasteiger partial charge on any atom is -0.394 e. The highest BCUT2D eigenvalue weighted by Crippen LogP contribution is 2.40. The Balaban J connectivity index is 2.13. The average molecular weight is 315 g/mol. The number of anilines is 1. The summed E-state index contributed by atoms with van der Waals surface area (Å²) in [4.78, 5) is 7.94. The van der Waals surface area contributed by atoms with Gasteiger partial charge in [-0.05, 0) is 13.0 Å². The van der Waals surface area contributed by atoms with Gasteiger partial charge in [-0.15, -0.1) is 0 Å². The van der Waals surface area contributed by atoms with Gasteiger partial charge in [-0.1, -0.05) is 11.6 Å².